The molecule has 1 aromatic heterocycles. The minimum atomic E-state index is -0.644. The molecule has 1 rings (SSSR count). The highest BCUT2D eigenvalue weighted by atomic mass is 19.1. The second-order valence-electron chi connectivity index (χ2n) is 2.44. The summed E-state index contributed by atoms with van der Waals surface area (Å²) >= 11 is 0. The lowest BCUT2D eigenvalue weighted by Gasteiger charge is -2.04. The molecule has 11 heavy (non-hydrogen) atoms. The van der Waals surface area contributed by atoms with Crippen molar-refractivity contribution in [1.82, 2.24) is 4.98 Å². The minimum absolute atomic E-state index is 0.0415. The highest BCUT2D eigenvalue weighted by Crippen LogP contribution is 2.13. The molecule has 0 radical (unpaired) electrons. The zero-order valence-corrected chi connectivity index (χ0v) is 6.21. The first-order valence-electron chi connectivity index (χ1n) is 3.27. The van der Waals surface area contributed by atoms with Gasteiger partial charge in [0.1, 0.15) is 0 Å². The lowest BCUT2D eigenvalue weighted by atomic mass is 10.1. The maximum absolute atomic E-state index is 12.5. The Morgan fingerprint density at radius 1 is 1.64 bits per heavy atom. The van der Waals surface area contributed by atoms with Crippen molar-refractivity contribution >= 4 is 5.69 Å². The van der Waals surface area contributed by atoms with Gasteiger partial charge in [-0.3, -0.25) is 0 Å². The van der Waals surface area contributed by atoms with E-state index in [9.17, 15) is 4.39 Å². The molecule has 0 aliphatic carbocycles. The predicted molar refractivity (Wildman–Crippen MR) is 41.2 cm³/mol. The third kappa shape index (κ3) is 1.65. The van der Waals surface area contributed by atoms with E-state index in [-0.39, 0.29) is 11.7 Å². The van der Waals surface area contributed by atoms with Gasteiger partial charge in [-0.05, 0) is 18.6 Å². The fourth-order valence-electron chi connectivity index (χ4n) is 0.731. The quantitative estimate of drug-likeness (QED) is 0.590. The standard InChI is InChI=1S/C7H10FN3/c1-4(9)5-2-6(10)7(8)11-3-5/h2-4H,9-10H2,1H3. The third-order valence-electron chi connectivity index (χ3n) is 1.41. The fraction of sp³-hybridized carbons (Fsp3) is 0.286. The van der Waals surface area contributed by atoms with E-state index in [1.54, 1.807) is 6.92 Å². The number of anilines is 1. The largest absolute Gasteiger partial charge is 0.395 e. The van der Waals surface area contributed by atoms with Crippen LogP contribution in [0.1, 0.15) is 18.5 Å². The van der Waals surface area contributed by atoms with Crippen LogP contribution in [-0.4, -0.2) is 4.98 Å². The topological polar surface area (TPSA) is 64.9 Å². The number of halogens is 1. The van der Waals surface area contributed by atoms with Gasteiger partial charge in [0.15, 0.2) is 0 Å². The normalized spacial score (nSPS) is 13.0. The molecule has 0 saturated carbocycles. The molecule has 0 bridgehead atoms. The van der Waals surface area contributed by atoms with Crippen LogP contribution in [0.15, 0.2) is 12.3 Å². The molecule has 3 nitrogen and oxygen atoms in total. The zero-order chi connectivity index (χ0) is 8.43. The van der Waals surface area contributed by atoms with Gasteiger partial charge in [0.2, 0.25) is 5.95 Å². The van der Waals surface area contributed by atoms with Gasteiger partial charge >= 0.3 is 0 Å². The molecular weight excluding hydrogens is 145 g/mol. The summed E-state index contributed by atoms with van der Waals surface area (Å²) in [6.07, 6.45) is 1.39. The van der Waals surface area contributed by atoms with Gasteiger partial charge in [-0.15, -0.1) is 0 Å². The SMILES string of the molecule is CC(N)c1cnc(F)c(N)c1. The Labute approximate surface area is 64.2 Å². The van der Waals surface area contributed by atoms with E-state index in [1.807, 2.05) is 0 Å². The average molecular weight is 155 g/mol. The molecular formula is C7H10FN3. The first kappa shape index (κ1) is 7.94. The Bertz CT molecular complexity index is 260. The van der Waals surface area contributed by atoms with Gasteiger partial charge in [0, 0.05) is 12.2 Å². The molecule has 1 heterocycles. The molecule has 1 aromatic rings. The highest BCUT2D eigenvalue weighted by Gasteiger charge is 2.03. The second kappa shape index (κ2) is 2.84. The van der Waals surface area contributed by atoms with Gasteiger partial charge in [-0.1, -0.05) is 0 Å². The minimum Gasteiger partial charge on any atom is -0.395 e. The summed E-state index contributed by atoms with van der Waals surface area (Å²) in [6.45, 7) is 1.79. The summed E-state index contributed by atoms with van der Waals surface area (Å²) in [5.41, 5.74) is 11.6. The van der Waals surface area contributed by atoms with Crippen molar-refractivity contribution < 1.29 is 4.39 Å². The number of hydrogen-bond acceptors (Lipinski definition) is 3. The summed E-state index contributed by atoms with van der Waals surface area (Å²) < 4.78 is 12.5. The van der Waals surface area contributed by atoms with E-state index in [0.717, 1.165) is 5.56 Å². The lowest BCUT2D eigenvalue weighted by Crippen LogP contribution is -2.07. The molecule has 0 saturated heterocycles. The fourth-order valence-corrected chi connectivity index (χ4v) is 0.731. The Morgan fingerprint density at radius 2 is 2.27 bits per heavy atom. The lowest BCUT2D eigenvalue weighted by molar-refractivity contribution is 0.586. The number of aromatic nitrogens is 1. The van der Waals surface area contributed by atoms with Crippen molar-refractivity contribution in [3.05, 3.63) is 23.8 Å². The number of nitrogen functional groups attached to an aromatic ring is 1. The number of nitrogens with two attached hydrogens (primary N) is 2. The van der Waals surface area contributed by atoms with Crippen LogP contribution < -0.4 is 11.5 Å². The van der Waals surface area contributed by atoms with Crippen molar-refractivity contribution in [3.8, 4) is 0 Å². The van der Waals surface area contributed by atoms with Crippen LogP contribution in [0, 0.1) is 5.95 Å². The Balaban J connectivity index is 3.05. The van der Waals surface area contributed by atoms with E-state index < -0.39 is 5.95 Å². The number of hydrogen-bond donors (Lipinski definition) is 2. The average Bonchev–Trinajstić information content (AvgIpc) is 1.94. The molecule has 0 aliphatic rings. The third-order valence-corrected chi connectivity index (χ3v) is 1.41. The summed E-state index contributed by atoms with van der Waals surface area (Å²) in [4.78, 5) is 3.43. The Morgan fingerprint density at radius 3 is 2.73 bits per heavy atom. The Kier molecular flexibility index (Phi) is 2.05. The van der Waals surface area contributed by atoms with Crippen LogP contribution in [0.3, 0.4) is 0 Å². The Hall–Kier alpha value is -1.16. The van der Waals surface area contributed by atoms with E-state index >= 15 is 0 Å². The van der Waals surface area contributed by atoms with Crippen molar-refractivity contribution in [2.45, 2.75) is 13.0 Å². The van der Waals surface area contributed by atoms with E-state index in [4.69, 9.17) is 11.5 Å². The van der Waals surface area contributed by atoms with E-state index in [0.29, 0.717) is 0 Å². The summed E-state index contributed by atoms with van der Waals surface area (Å²) in [6, 6.07) is 1.33. The van der Waals surface area contributed by atoms with Crippen molar-refractivity contribution in [3.63, 3.8) is 0 Å². The van der Waals surface area contributed by atoms with Gasteiger partial charge < -0.3 is 11.5 Å². The first-order chi connectivity index (χ1) is 5.11. The van der Waals surface area contributed by atoms with Crippen LogP contribution in [0.4, 0.5) is 10.1 Å². The van der Waals surface area contributed by atoms with E-state index in [1.165, 1.54) is 12.3 Å². The summed E-state index contributed by atoms with van der Waals surface area (Å²) in [5.74, 6) is -0.644. The first-order valence-corrected chi connectivity index (χ1v) is 3.27. The molecule has 0 aliphatic heterocycles. The number of rotatable bonds is 1. The van der Waals surface area contributed by atoms with Crippen LogP contribution >= 0.6 is 0 Å². The zero-order valence-electron chi connectivity index (χ0n) is 6.21. The molecule has 0 spiro atoms. The molecule has 0 aromatic carbocycles. The molecule has 4 heteroatoms. The predicted octanol–water partition coefficient (Wildman–Crippen LogP) is 0.823. The van der Waals surface area contributed by atoms with Crippen molar-refractivity contribution in [2.75, 3.05) is 5.73 Å². The number of pyridine rings is 1. The van der Waals surface area contributed by atoms with Crippen LogP contribution in [-0.2, 0) is 0 Å². The van der Waals surface area contributed by atoms with Gasteiger partial charge in [0.25, 0.3) is 0 Å². The van der Waals surface area contributed by atoms with Gasteiger partial charge in [-0.2, -0.15) is 4.39 Å². The summed E-state index contributed by atoms with van der Waals surface area (Å²) in [5, 5.41) is 0. The van der Waals surface area contributed by atoms with Crippen LogP contribution in [0.2, 0.25) is 0 Å². The molecule has 0 fully saturated rings. The van der Waals surface area contributed by atoms with Crippen molar-refractivity contribution in [1.29, 1.82) is 0 Å². The molecule has 4 N–H and O–H groups in total. The molecule has 0 amide bonds. The maximum Gasteiger partial charge on any atom is 0.236 e. The monoisotopic (exact) mass is 155 g/mol. The summed E-state index contributed by atoms with van der Waals surface area (Å²) in [7, 11) is 0. The van der Waals surface area contributed by atoms with Crippen molar-refractivity contribution in [2.24, 2.45) is 5.73 Å². The van der Waals surface area contributed by atoms with Gasteiger partial charge in [-0.25, -0.2) is 4.98 Å². The van der Waals surface area contributed by atoms with Crippen LogP contribution in [0.25, 0.3) is 0 Å². The van der Waals surface area contributed by atoms with Crippen LogP contribution in [0.5, 0.6) is 0 Å². The van der Waals surface area contributed by atoms with Gasteiger partial charge in [0.05, 0.1) is 5.69 Å². The molecule has 60 valence electrons. The molecule has 1 atom stereocenters. The molecule has 1 unspecified atom stereocenters. The smallest absolute Gasteiger partial charge is 0.236 e. The maximum atomic E-state index is 12.5. The highest BCUT2D eigenvalue weighted by molar-refractivity contribution is 5.39. The second-order valence-corrected chi connectivity index (χ2v) is 2.44. The number of nitrogens with zero attached hydrogens (tertiary/aromatic N) is 1. The van der Waals surface area contributed by atoms with E-state index in [2.05, 4.69) is 4.98 Å².